The summed E-state index contributed by atoms with van der Waals surface area (Å²) in [5.74, 6) is -0.265. The molecule has 1 aromatic carbocycles. The number of hydrogen-bond acceptors (Lipinski definition) is 3. The molecule has 0 radical (unpaired) electrons. The molecule has 0 saturated carbocycles. The summed E-state index contributed by atoms with van der Waals surface area (Å²) in [5, 5.41) is 12.3. The van der Waals surface area contributed by atoms with E-state index in [2.05, 4.69) is 27.3 Å². The SMILES string of the molecule is COc1c(C2CC(C(=O)O)CN2)cc(C)c(C)c1Br. The molecule has 2 rings (SSSR count). The Balaban J connectivity index is 2.38. The van der Waals surface area contributed by atoms with Gasteiger partial charge in [0, 0.05) is 18.2 Å². The standard InChI is InChI=1S/C14H18BrNO3/c1-7-4-10(13(19-3)12(15)8(7)2)11-5-9(6-16-11)14(17)18/h4,9,11,16H,5-6H2,1-3H3,(H,17,18). The van der Waals surface area contributed by atoms with Crippen molar-refractivity contribution in [3.8, 4) is 5.75 Å². The van der Waals surface area contributed by atoms with E-state index in [1.54, 1.807) is 7.11 Å². The van der Waals surface area contributed by atoms with Crippen molar-refractivity contribution in [3.05, 3.63) is 27.2 Å². The van der Waals surface area contributed by atoms with Gasteiger partial charge >= 0.3 is 5.97 Å². The second kappa shape index (κ2) is 5.51. The molecule has 104 valence electrons. The molecule has 4 nitrogen and oxygen atoms in total. The molecule has 1 fully saturated rings. The topological polar surface area (TPSA) is 58.6 Å². The molecule has 0 spiro atoms. The van der Waals surface area contributed by atoms with Crippen molar-refractivity contribution in [2.45, 2.75) is 26.3 Å². The zero-order chi connectivity index (χ0) is 14.2. The van der Waals surface area contributed by atoms with E-state index < -0.39 is 5.97 Å². The molecule has 2 unspecified atom stereocenters. The van der Waals surface area contributed by atoms with Crippen LogP contribution < -0.4 is 10.1 Å². The van der Waals surface area contributed by atoms with Crippen LogP contribution in [0.3, 0.4) is 0 Å². The van der Waals surface area contributed by atoms with Gasteiger partial charge in [-0.3, -0.25) is 4.79 Å². The van der Waals surface area contributed by atoms with Gasteiger partial charge in [-0.05, 0) is 47.3 Å². The minimum Gasteiger partial charge on any atom is -0.495 e. The van der Waals surface area contributed by atoms with E-state index in [0.29, 0.717) is 13.0 Å². The Hall–Kier alpha value is -1.07. The average molecular weight is 328 g/mol. The first kappa shape index (κ1) is 14.3. The second-order valence-corrected chi connectivity index (χ2v) is 5.78. The normalized spacial score (nSPS) is 22.5. The van der Waals surface area contributed by atoms with E-state index >= 15 is 0 Å². The molecule has 1 saturated heterocycles. The van der Waals surface area contributed by atoms with E-state index in [9.17, 15) is 4.79 Å². The van der Waals surface area contributed by atoms with Gasteiger partial charge in [0.25, 0.3) is 0 Å². The highest BCUT2D eigenvalue weighted by Gasteiger charge is 2.32. The summed E-state index contributed by atoms with van der Waals surface area (Å²) < 4.78 is 6.44. The Morgan fingerprint density at radius 2 is 2.21 bits per heavy atom. The van der Waals surface area contributed by atoms with Crippen molar-refractivity contribution >= 4 is 21.9 Å². The molecule has 0 bridgehead atoms. The molecule has 1 aliphatic heterocycles. The highest BCUT2D eigenvalue weighted by atomic mass is 79.9. The number of benzene rings is 1. The number of rotatable bonds is 3. The van der Waals surface area contributed by atoms with Crippen LogP contribution in [-0.4, -0.2) is 24.7 Å². The quantitative estimate of drug-likeness (QED) is 0.896. The number of hydrogen-bond donors (Lipinski definition) is 2. The van der Waals surface area contributed by atoms with Crippen LogP contribution in [0.5, 0.6) is 5.75 Å². The zero-order valence-electron chi connectivity index (χ0n) is 11.3. The molecule has 19 heavy (non-hydrogen) atoms. The van der Waals surface area contributed by atoms with Gasteiger partial charge in [0.05, 0.1) is 17.5 Å². The number of aryl methyl sites for hydroxylation is 1. The van der Waals surface area contributed by atoms with Crippen LogP contribution in [0.4, 0.5) is 0 Å². The van der Waals surface area contributed by atoms with Crippen molar-refractivity contribution in [1.29, 1.82) is 0 Å². The van der Waals surface area contributed by atoms with Crippen molar-refractivity contribution < 1.29 is 14.6 Å². The van der Waals surface area contributed by atoms with Crippen LogP contribution >= 0.6 is 15.9 Å². The first-order chi connectivity index (χ1) is 8.95. The minimum absolute atomic E-state index is 0.0339. The Kier molecular flexibility index (Phi) is 4.16. The van der Waals surface area contributed by atoms with Crippen LogP contribution in [0.25, 0.3) is 0 Å². The maximum Gasteiger partial charge on any atom is 0.307 e. The van der Waals surface area contributed by atoms with Gasteiger partial charge < -0.3 is 15.2 Å². The van der Waals surface area contributed by atoms with Gasteiger partial charge in [-0.15, -0.1) is 0 Å². The van der Waals surface area contributed by atoms with E-state index in [4.69, 9.17) is 9.84 Å². The Morgan fingerprint density at radius 1 is 1.53 bits per heavy atom. The van der Waals surface area contributed by atoms with Crippen LogP contribution in [0.2, 0.25) is 0 Å². The molecule has 0 amide bonds. The minimum atomic E-state index is -0.739. The molecule has 0 aliphatic carbocycles. The third-order valence-electron chi connectivity index (χ3n) is 3.81. The summed E-state index contributed by atoms with van der Waals surface area (Å²) in [7, 11) is 1.64. The summed E-state index contributed by atoms with van der Waals surface area (Å²) in [6, 6.07) is 2.12. The number of aliphatic carboxylic acids is 1. The lowest BCUT2D eigenvalue weighted by molar-refractivity contribution is -0.141. The number of halogens is 1. The Morgan fingerprint density at radius 3 is 2.74 bits per heavy atom. The van der Waals surface area contributed by atoms with E-state index in [-0.39, 0.29) is 12.0 Å². The van der Waals surface area contributed by atoms with Gasteiger partial charge in [0.1, 0.15) is 5.75 Å². The molecule has 2 atom stereocenters. The number of nitrogens with one attached hydrogen (secondary N) is 1. The molecular weight excluding hydrogens is 310 g/mol. The smallest absolute Gasteiger partial charge is 0.307 e. The van der Waals surface area contributed by atoms with E-state index in [1.165, 1.54) is 5.56 Å². The molecule has 1 heterocycles. The number of carbonyl (C=O) groups is 1. The number of carboxylic acid groups (broad SMARTS) is 1. The maximum absolute atomic E-state index is 11.0. The van der Waals surface area contributed by atoms with Gasteiger partial charge in [0.15, 0.2) is 0 Å². The molecular formula is C14H18BrNO3. The lowest BCUT2D eigenvalue weighted by Crippen LogP contribution is -2.17. The predicted octanol–water partition coefficient (Wildman–Crippen LogP) is 2.81. The van der Waals surface area contributed by atoms with Crippen LogP contribution in [0.1, 0.15) is 29.2 Å². The van der Waals surface area contributed by atoms with Crippen LogP contribution in [-0.2, 0) is 4.79 Å². The fraction of sp³-hybridized carbons (Fsp3) is 0.500. The number of ether oxygens (including phenoxy) is 1. The molecule has 1 aromatic rings. The zero-order valence-corrected chi connectivity index (χ0v) is 12.9. The van der Waals surface area contributed by atoms with Gasteiger partial charge in [-0.1, -0.05) is 6.07 Å². The largest absolute Gasteiger partial charge is 0.495 e. The summed E-state index contributed by atoms with van der Waals surface area (Å²) in [6.07, 6.45) is 0.598. The highest BCUT2D eigenvalue weighted by Crippen LogP contribution is 2.40. The van der Waals surface area contributed by atoms with Crippen molar-refractivity contribution in [2.75, 3.05) is 13.7 Å². The average Bonchev–Trinajstić information content (AvgIpc) is 2.85. The summed E-state index contributed by atoms with van der Waals surface area (Å²) in [5.41, 5.74) is 3.35. The summed E-state index contributed by atoms with van der Waals surface area (Å²) >= 11 is 3.56. The first-order valence-electron chi connectivity index (χ1n) is 6.25. The molecule has 1 aliphatic rings. The molecule has 2 N–H and O–H groups in total. The van der Waals surface area contributed by atoms with Crippen molar-refractivity contribution in [1.82, 2.24) is 5.32 Å². The maximum atomic E-state index is 11.0. The third kappa shape index (κ3) is 2.62. The number of methoxy groups -OCH3 is 1. The predicted molar refractivity (Wildman–Crippen MR) is 76.7 cm³/mol. The van der Waals surface area contributed by atoms with Crippen LogP contribution in [0, 0.1) is 19.8 Å². The second-order valence-electron chi connectivity index (χ2n) is 4.99. The lowest BCUT2D eigenvalue weighted by atomic mass is 9.96. The van der Waals surface area contributed by atoms with Crippen molar-refractivity contribution in [2.24, 2.45) is 5.92 Å². The highest BCUT2D eigenvalue weighted by molar-refractivity contribution is 9.10. The van der Waals surface area contributed by atoms with Gasteiger partial charge in [-0.2, -0.15) is 0 Å². The fourth-order valence-electron chi connectivity index (χ4n) is 2.50. The fourth-order valence-corrected chi connectivity index (χ4v) is 3.21. The van der Waals surface area contributed by atoms with Crippen molar-refractivity contribution in [3.63, 3.8) is 0 Å². The number of carboxylic acids is 1. The summed E-state index contributed by atoms with van der Waals surface area (Å²) in [4.78, 5) is 11.0. The molecule has 5 heteroatoms. The lowest BCUT2D eigenvalue weighted by Gasteiger charge is -2.19. The monoisotopic (exact) mass is 327 g/mol. The van der Waals surface area contributed by atoms with Gasteiger partial charge in [-0.25, -0.2) is 0 Å². The van der Waals surface area contributed by atoms with Crippen LogP contribution in [0.15, 0.2) is 10.5 Å². The third-order valence-corrected chi connectivity index (χ3v) is 4.77. The Labute approximate surface area is 121 Å². The first-order valence-corrected chi connectivity index (χ1v) is 7.04. The summed E-state index contributed by atoms with van der Waals surface area (Å²) in [6.45, 7) is 4.59. The van der Waals surface area contributed by atoms with Gasteiger partial charge in [0.2, 0.25) is 0 Å². The van der Waals surface area contributed by atoms with E-state index in [1.807, 2.05) is 13.8 Å². The Bertz CT molecular complexity index is 516. The van der Waals surface area contributed by atoms with E-state index in [0.717, 1.165) is 21.3 Å². The molecule has 0 aromatic heterocycles.